The number of aromatic nitrogens is 2. The Hall–Kier alpha value is -1.59. The predicted molar refractivity (Wildman–Crippen MR) is 80.5 cm³/mol. The standard InChI is InChI=1S/C14H27N5O/c1-10(7-8-14(3,4)5)17-13(15-6)16-9-12-18-11(2)20-19-12/h10H,7-9H2,1-6H3,(H2,15,16,17). The summed E-state index contributed by atoms with van der Waals surface area (Å²) < 4.78 is 4.93. The van der Waals surface area contributed by atoms with Crippen molar-refractivity contribution >= 4 is 5.96 Å². The van der Waals surface area contributed by atoms with Crippen LogP contribution in [0.5, 0.6) is 0 Å². The van der Waals surface area contributed by atoms with Crippen LogP contribution < -0.4 is 10.6 Å². The Morgan fingerprint density at radius 2 is 2.10 bits per heavy atom. The number of nitrogens with one attached hydrogen (secondary N) is 2. The Balaban J connectivity index is 2.36. The SMILES string of the molecule is CN=C(NCc1noc(C)n1)NC(C)CCC(C)(C)C. The van der Waals surface area contributed by atoms with E-state index in [4.69, 9.17) is 4.52 Å². The molecule has 0 bridgehead atoms. The van der Waals surface area contributed by atoms with Crippen LogP contribution in [0.2, 0.25) is 0 Å². The minimum Gasteiger partial charge on any atom is -0.354 e. The molecule has 0 aliphatic heterocycles. The molecule has 0 aromatic carbocycles. The highest BCUT2D eigenvalue weighted by molar-refractivity contribution is 5.79. The van der Waals surface area contributed by atoms with Gasteiger partial charge in [0.05, 0.1) is 6.54 Å². The van der Waals surface area contributed by atoms with Gasteiger partial charge in [-0.1, -0.05) is 25.9 Å². The normalized spacial score (nSPS) is 14.2. The van der Waals surface area contributed by atoms with Crippen molar-refractivity contribution in [1.29, 1.82) is 0 Å². The highest BCUT2D eigenvalue weighted by Gasteiger charge is 2.13. The fourth-order valence-corrected chi connectivity index (χ4v) is 1.73. The summed E-state index contributed by atoms with van der Waals surface area (Å²) in [7, 11) is 1.76. The van der Waals surface area contributed by atoms with E-state index < -0.39 is 0 Å². The first-order valence-electron chi connectivity index (χ1n) is 7.06. The Bertz CT molecular complexity index is 433. The topological polar surface area (TPSA) is 75.3 Å². The lowest BCUT2D eigenvalue weighted by atomic mass is 9.89. The number of aryl methyl sites for hydroxylation is 1. The summed E-state index contributed by atoms with van der Waals surface area (Å²) in [6.07, 6.45) is 2.27. The molecule has 0 amide bonds. The summed E-state index contributed by atoms with van der Waals surface area (Å²) in [4.78, 5) is 8.34. The molecule has 1 rings (SSSR count). The molecule has 0 aliphatic carbocycles. The molecular formula is C14H27N5O. The Labute approximate surface area is 121 Å². The van der Waals surface area contributed by atoms with Gasteiger partial charge in [-0.25, -0.2) is 0 Å². The van der Waals surface area contributed by atoms with Crippen LogP contribution in [0, 0.1) is 12.3 Å². The second-order valence-electron chi connectivity index (χ2n) is 6.30. The smallest absolute Gasteiger partial charge is 0.223 e. The molecule has 1 aromatic heterocycles. The van der Waals surface area contributed by atoms with Crippen LogP contribution in [-0.2, 0) is 6.54 Å². The first-order chi connectivity index (χ1) is 9.30. The Morgan fingerprint density at radius 1 is 1.40 bits per heavy atom. The van der Waals surface area contributed by atoms with Gasteiger partial charge in [0.25, 0.3) is 0 Å². The monoisotopic (exact) mass is 281 g/mol. The largest absolute Gasteiger partial charge is 0.354 e. The van der Waals surface area contributed by atoms with Crippen LogP contribution in [0.1, 0.15) is 52.3 Å². The quantitative estimate of drug-likeness (QED) is 0.639. The lowest BCUT2D eigenvalue weighted by Gasteiger charge is -2.22. The first kappa shape index (κ1) is 16.5. The Morgan fingerprint density at radius 3 is 2.60 bits per heavy atom. The number of hydrogen-bond donors (Lipinski definition) is 2. The van der Waals surface area contributed by atoms with Crippen LogP contribution in [0.15, 0.2) is 9.52 Å². The minimum absolute atomic E-state index is 0.356. The number of nitrogens with zero attached hydrogens (tertiary/aromatic N) is 3. The van der Waals surface area contributed by atoms with Crippen molar-refractivity contribution in [1.82, 2.24) is 20.8 Å². The van der Waals surface area contributed by atoms with Gasteiger partial charge in [-0.3, -0.25) is 4.99 Å². The molecular weight excluding hydrogens is 254 g/mol. The lowest BCUT2D eigenvalue weighted by Crippen LogP contribution is -2.42. The predicted octanol–water partition coefficient (Wildman–Crippen LogP) is 2.26. The first-order valence-corrected chi connectivity index (χ1v) is 7.06. The summed E-state index contributed by atoms with van der Waals surface area (Å²) in [5.41, 5.74) is 0.356. The zero-order valence-corrected chi connectivity index (χ0v) is 13.4. The average Bonchev–Trinajstić information content (AvgIpc) is 2.77. The molecule has 1 atom stereocenters. The molecule has 6 nitrogen and oxygen atoms in total. The van der Waals surface area contributed by atoms with Gasteiger partial charge in [0.2, 0.25) is 5.89 Å². The second kappa shape index (κ2) is 7.26. The van der Waals surface area contributed by atoms with Crippen molar-refractivity contribution in [2.45, 2.75) is 60.0 Å². The third kappa shape index (κ3) is 6.54. The van der Waals surface area contributed by atoms with Crippen LogP contribution in [-0.4, -0.2) is 29.2 Å². The van der Waals surface area contributed by atoms with Crippen LogP contribution in [0.4, 0.5) is 0 Å². The summed E-state index contributed by atoms with van der Waals surface area (Å²) in [6, 6.07) is 0.368. The van der Waals surface area contributed by atoms with Gasteiger partial charge in [-0.2, -0.15) is 4.98 Å². The van der Waals surface area contributed by atoms with Gasteiger partial charge >= 0.3 is 0 Å². The molecule has 1 heterocycles. The molecule has 0 saturated carbocycles. The highest BCUT2D eigenvalue weighted by Crippen LogP contribution is 2.21. The number of guanidine groups is 1. The van der Waals surface area contributed by atoms with Gasteiger partial charge in [-0.15, -0.1) is 0 Å². The maximum absolute atomic E-state index is 4.93. The van der Waals surface area contributed by atoms with Crippen LogP contribution >= 0.6 is 0 Å². The third-order valence-electron chi connectivity index (χ3n) is 2.92. The zero-order valence-electron chi connectivity index (χ0n) is 13.4. The van der Waals surface area contributed by atoms with Crippen molar-refractivity contribution in [3.8, 4) is 0 Å². The minimum atomic E-state index is 0.356. The maximum atomic E-state index is 4.93. The van der Waals surface area contributed by atoms with Gasteiger partial charge in [0, 0.05) is 20.0 Å². The molecule has 1 aromatic rings. The number of aliphatic imine (C=N–C) groups is 1. The van der Waals surface area contributed by atoms with E-state index >= 15 is 0 Å². The van der Waals surface area contributed by atoms with Gasteiger partial charge in [0.15, 0.2) is 11.8 Å². The molecule has 6 heteroatoms. The van der Waals surface area contributed by atoms with E-state index in [0.29, 0.717) is 29.7 Å². The molecule has 1 unspecified atom stereocenters. The van der Waals surface area contributed by atoms with Crippen LogP contribution in [0.25, 0.3) is 0 Å². The molecule has 0 aliphatic rings. The third-order valence-corrected chi connectivity index (χ3v) is 2.92. The summed E-state index contributed by atoms with van der Waals surface area (Å²) in [5.74, 6) is 1.96. The summed E-state index contributed by atoms with van der Waals surface area (Å²) in [6.45, 7) is 11.2. The molecule has 2 N–H and O–H groups in total. The van der Waals surface area contributed by atoms with Crippen molar-refractivity contribution in [3.05, 3.63) is 11.7 Å². The van der Waals surface area contributed by atoms with Gasteiger partial charge in [-0.05, 0) is 25.2 Å². The summed E-state index contributed by atoms with van der Waals surface area (Å²) in [5, 5.41) is 10.4. The molecule has 20 heavy (non-hydrogen) atoms. The van der Waals surface area contributed by atoms with Crippen molar-refractivity contribution in [2.75, 3.05) is 7.05 Å². The molecule has 0 radical (unpaired) electrons. The second-order valence-corrected chi connectivity index (χ2v) is 6.30. The summed E-state index contributed by atoms with van der Waals surface area (Å²) >= 11 is 0. The van der Waals surface area contributed by atoms with E-state index in [9.17, 15) is 0 Å². The number of rotatable bonds is 5. The molecule has 114 valence electrons. The van der Waals surface area contributed by atoms with Crippen molar-refractivity contribution < 1.29 is 4.52 Å². The highest BCUT2D eigenvalue weighted by atomic mass is 16.5. The van der Waals surface area contributed by atoms with Crippen molar-refractivity contribution in [2.24, 2.45) is 10.4 Å². The van der Waals surface area contributed by atoms with E-state index in [-0.39, 0.29) is 0 Å². The zero-order chi connectivity index (χ0) is 15.2. The molecule has 0 fully saturated rings. The molecule has 0 spiro atoms. The van der Waals surface area contributed by atoms with Crippen molar-refractivity contribution in [3.63, 3.8) is 0 Å². The maximum Gasteiger partial charge on any atom is 0.223 e. The van der Waals surface area contributed by atoms with Gasteiger partial charge < -0.3 is 15.2 Å². The van der Waals surface area contributed by atoms with E-state index in [1.807, 2.05) is 0 Å². The lowest BCUT2D eigenvalue weighted by molar-refractivity contribution is 0.346. The average molecular weight is 281 g/mol. The van der Waals surface area contributed by atoms with Gasteiger partial charge in [0.1, 0.15) is 0 Å². The molecule has 0 saturated heterocycles. The van der Waals surface area contributed by atoms with E-state index in [1.54, 1.807) is 14.0 Å². The van der Waals surface area contributed by atoms with E-state index in [0.717, 1.165) is 12.4 Å². The van der Waals surface area contributed by atoms with Crippen LogP contribution in [0.3, 0.4) is 0 Å². The fourth-order valence-electron chi connectivity index (χ4n) is 1.73. The fraction of sp³-hybridized carbons (Fsp3) is 0.786. The van der Waals surface area contributed by atoms with E-state index in [2.05, 4.69) is 53.5 Å². The van der Waals surface area contributed by atoms with E-state index in [1.165, 1.54) is 6.42 Å². The number of hydrogen-bond acceptors (Lipinski definition) is 4. The Kier molecular flexibility index (Phi) is 5.98.